The first-order chi connectivity index (χ1) is 10.9. The Morgan fingerprint density at radius 2 is 1.70 bits per heavy atom. The maximum Gasteiger partial charge on any atom is 0.186 e. The SMILES string of the molecule is CC(C)C1C(CO)OC(OC2CC(O)COC2CO)C(O)C1O. The Bertz CT molecular complexity index is 363. The Labute approximate surface area is 135 Å². The summed E-state index contributed by atoms with van der Waals surface area (Å²) < 4.78 is 16.6. The first-order valence-electron chi connectivity index (χ1n) is 8.07. The molecular formula is C15H28O8. The van der Waals surface area contributed by atoms with Crippen molar-refractivity contribution in [1.29, 1.82) is 0 Å². The normalized spacial score (nSPS) is 45.4. The summed E-state index contributed by atoms with van der Waals surface area (Å²) in [6, 6.07) is 0. The number of aliphatic hydroxyl groups excluding tert-OH is 5. The molecule has 23 heavy (non-hydrogen) atoms. The Balaban J connectivity index is 2.07. The lowest BCUT2D eigenvalue weighted by molar-refractivity contribution is -0.321. The van der Waals surface area contributed by atoms with Crippen LogP contribution in [0.15, 0.2) is 0 Å². The predicted octanol–water partition coefficient (Wildman–Crippen LogP) is -1.78. The minimum Gasteiger partial charge on any atom is -0.394 e. The zero-order chi connectivity index (χ0) is 17.1. The molecule has 8 heteroatoms. The van der Waals surface area contributed by atoms with Gasteiger partial charge in [-0.05, 0) is 5.92 Å². The highest BCUT2D eigenvalue weighted by Crippen LogP contribution is 2.33. The molecule has 2 heterocycles. The fourth-order valence-electron chi connectivity index (χ4n) is 3.37. The highest BCUT2D eigenvalue weighted by molar-refractivity contribution is 4.91. The second-order valence-electron chi connectivity index (χ2n) is 6.65. The molecule has 2 saturated heterocycles. The average molecular weight is 336 g/mol. The lowest BCUT2D eigenvalue weighted by Crippen LogP contribution is -2.59. The molecule has 2 rings (SSSR count). The Kier molecular flexibility index (Phi) is 6.76. The predicted molar refractivity (Wildman–Crippen MR) is 78.4 cm³/mol. The second-order valence-corrected chi connectivity index (χ2v) is 6.65. The third-order valence-corrected chi connectivity index (χ3v) is 4.62. The van der Waals surface area contributed by atoms with Gasteiger partial charge >= 0.3 is 0 Å². The van der Waals surface area contributed by atoms with Crippen LogP contribution in [0.2, 0.25) is 0 Å². The van der Waals surface area contributed by atoms with Crippen LogP contribution in [-0.4, -0.2) is 88.3 Å². The second kappa shape index (κ2) is 8.17. The van der Waals surface area contributed by atoms with Crippen LogP contribution in [0.4, 0.5) is 0 Å². The van der Waals surface area contributed by atoms with Crippen molar-refractivity contribution in [3.8, 4) is 0 Å². The first kappa shape index (κ1) is 19.0. The molecule has 2 fully saturated rings. The van der Waals surface area contributed by atoms with Crippen molar-refractivity contribution in [3.05, 3.63) is 0 Å². The molecule has 0 aliphatic carbocycles. The summed E-state index contributed by atoms with van der Waals surface area (Å²) in [5.74, 6) is -0.417. The molecule has 0 radical (unpaired) electrons. The molecule has 136 valence electrons. The topological polar surface area (TPSA) is 129 Å². The fourth-order valence-corrected chi connectivity index (χ4v) is 3.37. The number of hydrogen-bond donors (Lipinski definition) is 5. The number of aliphatic hydroxyl groups is 5. The summed E-state index contributed by atoms with van der Waals surface area (Å²) in [6.07, 6.45) is -6.04. The van der Waals surface area contributed by atoms with E-state index in [2.05, 4.69) is 0 Å². The summed E-state index contributed by atoms with van der Waals surface area (Å²) in [5, 5.41) is 49.1. The Morgan fingerprint density at radius 3 is 2.26 bits per heavy atom. The zero-order valence-corrected chi connectivity index (χ0v) is 13.5. The maximum absolute atomic E-state index is 10.3. The van der Waals surface area contributed by atoms with Crippen molar-refractivity contribution >= 4 is 0 Å². The Hall–Kier alpha value is -0.320. The van der Waals surface area contributed by atoms with Gasteiger partial charge in [-0.15, -0.1) is 0 Å². The van der Waals surface area contributed by atoms with Gasteiger partial charge in [0.05, 0.1) is 44.2 Å². The van der Waals surface area contributed by atoms with Crippen molar-refractivity contribution in [2.24, 2.45) is 11.8 Å². The maximum atomic E-state index is 10.3. The van der Waals surface area contributed by atoms with E-state index < -0.39 is 48.8 Å². The molecule has 0 saturated carbocycles. The summed E-state index contributed by atoms with van der Waals surface area (Å²) in [4.78, 5) is 0. The van der Waals surface area contributed by atoms with E-state index in [4.69, 9.17) is 14.2 Å². The first-order valence-corrected chi connectivity index (χ1v) is 8.07. The van der Waals surface area contributed by atoms with Crippen molar-refractivity contribution in [2.75, 3.05) is 19.8 Å². The van der Waals surface area contributed by atoms with Crippen molar-refractivity contribution < 1.29 is 39.7 Å². The summed E-state index contributed by atoms with van der Waals surface area (Å²) in [6.45, 7) is 3.26. The van der Waals surface area contributed by atoms with E-state index >= 15 is 0 Å². The van der Waals surface area contributed by atoms with Crippen LogP contribution < -0.4 is 0 Å². The lowest BCUT2D eigenvalue weighted by atomic mass is 9.81. The Morgan fingerprint density at radius 1 is 1.04 bits per heavy atom. The molecule has 0 aromatic rings. The van der Waals surface area contributed by atoms with E-state index in [0.29, 0.717) is 0 Å². The van der Waals surface area contributed by atoms with Gasteiger partial charge in [0.1, 0.15) is 12.2 Å². The van der Waals surface area contributed by atoms with Gasteiger partial charge in [-0.3, -0.25) is 0 Å². The summed E-state index contributed by atoms with van der Waals surface area (Å²) in [5.41, 5.74) is 0. The van der Waals surface area contributed by atoms with Gasteiger partial charge in [0, 0.05) is 12.3 Å². The quantitative estimate of drug-likeness (QED) is 0.399. The average Bonchev–Trinajstić information content (AvgIpc) is 2.51. The van der Waals surface area contributed by atoms with Crippen LogP contribution in [0.5, 0.6) is 0 Å². The van der Waals surface area contributed by atoms with Crippen molar-refractivity contribution in [2.45, 2.75) is 63.2 Å². The van der Waals surface area contributed by atoms with Crippen LogP contribution in [0.25, 0.3) is 0 Å². The molecule has 0 aromatic carbocycles. The number of hydrogen-bond acceptors (Lipinski definition) is 8. The van der Waals surface area contributed by atoms with E-state index in [1.807, 2.05) is 13.8 Å². The molecule has 8 unspecified atom stereocenters. The third-order valence-electron chi connectivity index (χ3n) is 4.62. The molecule has 2 aliphatic heterocycles. The molecule has 0 aromatic heterocycles. The highest BCUT2D eigenvalue weighted by Gasteiger charge is 2.47. The van der Waals surface area contributed by atoms with Crippen LogP contribution in [0.1, 0.15) is 20.3 Å². The minimum atomic E-state index is -1.29. The van der Waals surface area contributed by atoms with Crippen LogP contribution in [0, 0.1) is 11.8 Å². The standard InChI is InChI=1S/C15H28O8/c1-7(2)12-11(5-17)23-15(14(20)13(12)19)22-9-3-8(18)6-21-10(9)4-16/h7-20H,3-6H2,1-2H3. The third kappa shape index (κ3) is 4.21. The van der Waals surface area contributed by atoms with Gasteiger partial charge in [-0.1, -0.05) is 13.8 Å². The van der Waals surface area contributed by atoms with E-state index in [1.54, 1.807) is 0 Å². The van der Waals surface area contributed by atoms with Crippen LogP contribution in [0.3, 0.4) is 0 Å². The van der Waals surface area contributed by atoms with Gasteiger partial charge in [-0.25, -0.2) is 0 Å². The van der Waals surface area contributed by atoms with E-state index in [0.717, 1.165) is 0 Å². The van der Waals surface area contributed by atoms with E-state index in [9.17, 15) is 25.5 Å². The largest absolute Gasteiger partial charge is 0.394 e. The van der Waals surface area contributed by atoms with Gasteiger partial charge in [-0.2, -0.15) is 0 Å². The fraction of sp³-hybridized carbons (Fsp3) is 1.00. The molecule has 8 atom stereocenters. The smallest absolute Gasteiger partial charge is 0.186 e. The van der Waals surface area contributed by atoms with Crippen molar-refractivity contribution in [3.63, 3.8) is 0 Å². The van der Waals surface area contributed by atoms with Crippen LogP contribution in [-0.2, 0) is 14.2 Å². The number of ether oxygens (including phenoxy) is 3. The molecule has 5 N–H and O–H groups in total. The van der Waals surface area contributed by atoms with E-state index in [1.165, 1.54) is 0 Å². The van der Waals surface area contributed by atoms with Gasteiger partial charge in [0.2, 0.25) is 0 Å². The lowest BCUT2D eigenvalue weighted by Gasteiger charge is -2.45. The molecule has 2 aliphatic rings. The van der Waals surface area contributed by atoms with E-state index in [-0.39, 0.29) is 32.2 Å². The molecular weight excluding hydrogens is 308 g/mol. The van der Waals surface area contributed by atoms with Crippen molar-refractivity contribution in [1.82, 2.24) is 0 Å². The molecule has 0 amide bonds. The van der Waals surface area contributed by atoms with Gasteiger partial charge in [0.15, 0.2) is 6.29 Å². The molecule has 0 spiro atoms. The molecule has 0 bridgehead atoms. The summed E-state index contributed by atoms with van der Waals surface area (Å²) in [7, 11) is 0. The minimum absolute atomic E-state index is 0.00257. The summed E-state index contributed by atoms with van der Waals surface area (Å²) >= 11 is 0. The highest BCUT2D eigenvalue weighted by atomic mass is 16.7. The van der Waals surface area contributed by atoms with Crippen LogP contribution >= 0.6 is 0 Å². The zero-order valence-electron chi connectivity index (χ0n) is 13.5. The monoisotopic (exact) mass is 336 g/mol. The molecule has 8 nitrogen and oxygen atoms in total. The van der Waals surface area contributed by atoms with Gasteiger partial charge < -0.3 is 39.7 Å². The van der Waals surface area contributed by atoms with Gasteiger partial charge in [0.25, 0.3) is 0 Å². The number of rotatable bonds is 5.